The van der Waals surface area contributed by atoms with E-state index in [0.29, 0.717) is 54.6 Å². The Kier molecular flexibility index (Phi) is 8.82. The Hall–Kier alpha value is -6.64. The van der Waals surface area contributed by atoms with Crippen LogP contribution in [0, 0.1) is 11.3 Å². The average Bonchev–Trinajstić information content (AvgIpc) is 3.67. The molecule has 0 aliphatic heterocycles. The van der Waals surface area contributed by atoms with E-state index in [9.17, 15) is 57.9 Å². The number of fused-ring (bicyclic) bond motifs is 6. The largest absolute Gasteiger partial charge is 0.418 e. The smallest absolute Gasteiger partial charge is 0.309 e. The van der Waals surface area contributed by atoms with Gasteiger partial charge in [-0.3, -0.25) is 0 Å². The van der Waals surface area contributed by atoms with Gasteiger partial charge < -0.3 is 9.13 Å². The molecule has 0 amide bonds. The molecule has 8 rings (SSSR count). The van der Waals surface area contributed by atoms with Gasteiger partial charge in [-0.25, -0.2) is 0 Å². The molecule has 2 aromatic heterocycles. The van der Waals surface area contributed by atoms with Crippen LogP contribution in [0.25, 0.3) is 66.1 Å². The normalized spacial score (nSPS) is 13.2. The Balaban J connectivity index is 1.55. The summed E-state index contributed by atoms with van der Waals surface area (Å²) in [5, 5.41) is 7.87. The number of hydrogen-bond acceptors (Lipinski definition) is 1. The van der Waals surface area contributed by atoms with Crippen molar-refractivity contribution in [1.29, 1.82) is 5.26 Å². The zero-order valence-electron chi connectivity index (χ0n) is 29.4. The first-order valence-electron chi connectivity index (χ1n) is 17.1. The molecule has 18 heteroatoms. The van der Waals surface area contributed by atoms with Gasteiger partial charge in [0.25, 0.3) is 0 Å². The zero-order chi connectivity index (χ0) is 43.5. The average molecular weight is 850 g/mol. The molecule has 6 aromatic carbocycles. The Bertz CT molecular complexity index is 2950. The van der Waals surface area contributed by atoms with Gasteiger partial charge in [0.2, 0.25) is 0 Å². The van der Waals surface area contributed by atoms with Gasteiger partial charge in [0, 0.05) is 27.1 Å². The van der Waals surface area contributed by atoms with Crippen molar-refractivity contribution in [3.8, 4) is 28.6 Å². The number of halogens is 15. The van der Waals surface area contributed by atoms with Crippen molar-refractivity contribution in [3.63, 3.8) is 0 Å². The van der Waals surface area contributed by atoms with Crippen LogP contribution in [0.5, 0.6) is 0 Å². The van der Waals surface area contributed by atoms with E-state index in [1.807, 2.05) is 6.07 Å². The molecule has 0 radical (unpaired) electrons. The molecule has 0 spiro atoms. The van der Waals surface area contributed by atoms with Crippen molar-refractivity contribution < 1.29 is 65.9 Å². The highest BCUT2D eigenvalue weighted by Gasteiger charge is 2.39. The molecular weight excluding hydrogens is 831 g/mol. The van der Waals surface area contributed by atoms with E-state index in [0.717, 1.165) is 39.5 Å². The van der Waals surface area contributed by atoms with Crippen molar-refractivity contribution in [2.24, 2.45) is 0 Å². The summed E-state index contributed by atoms with van der Waals surface area (Å²) in [7, 11) is 0. The molecule has 0 saturated heterocycles. The first-order chi connectivity index (χ1) is 27.9. The van der Waals surface area contributed by atoms with E-state index < -0.39 is 91.6 Å². The summed E-state index contributed by atoms with van der Waals surface area (Å²) in [6, 6.07) is 16.2. The Labute approximate surface area is 325 Å². The molecule has 0 fully saturated rings. The van der Waals surface area contributed by atoms with E-state index in [1.54, 1.807) is 0 Å². The molecule has 60 heavy (non-hydrogen) atoms. The number of benzene rings is 6. The SMILES string of the molecule is N#Cc1cccc(-c2cc(-n3c4ccc(C(F)(F)F)cc4c4cc(C(F)(F)F)ccc43)c(C(F)(F)F)cc2-n2c3ccc(C(F)(F)F)cc3c3cc(C(F)(F)F)ccc32)c1. The standard InChI is InChI=1S/C42H18F15N3/c43-38(44,45)22-4-8-32-27(13-22)28-14-23(39(46,47)48)5-9-33(28)59(32)36-18-31(42(55,56)57)37(17-26(36)21-3-1-2-20(12-21)19-58)60-34-10-6-24(40(49,50)51)15-29(34)30-16-25(41(52,53)54)7-11-35(30)60/h1-18H. The molecule has 2 heterocycles. The van der Waals surface area contributed by atoms with Crippen molar-refractivity contribution in [3.05, 3.63) is 143 Å². The molecule has 3 nitrogen and oxygen atoms in total. The van der Waals surface area contributed by atoms with Crippen LogP contribution in [-0.4, -0.2) is 9.13 Å². The lowest BCUT2D eigenvalue weighted by Crippen LogP contribution is -2.13. The van der Waals surface area contributed by atoms with Crippen LogP contribution in [0.1, 0.15) is 33.4 Å². The van der Waals surface area contributed by atoms with Gasteiger partial charge in [0.15, 0.2) is 0 Å². The number of nitriles is 1. The first-order valence-corrected chi connectivity index (χ1v) is 17.1. The van der Waals surface area contributed by atoms with Crippen LogP contribution in [0.4, 0.5) is 65.9 Å². The third kappa shape index (κ3) is 6.71. The Morgan fingerprint density at radius 3 is 1.08 bits per heavy atom. The minimum absolute atomic E-state index is 0.00710. The lowest BCUT2D eigenvalue weighted by molar-refractivity contribution is -0.138. The van der Waals surface area contributed by atoms with Crippen LogP contribution in [-0.2, 0) is 30.9 Å². The highest BCUT2D eigenvalue weighted by Crippen LogP contribution is 2.47. The number of alkyl halides is 15. The first kappa shape index (κ1) is 40.2. The predicted molar refractivity (Wildman–Crippen MR) is 190 cm³/mol. The van der Waals surface area contributed by atoms with E-state index in [1.165, 1.54) is 24.3 Å². The second-order valence-electron chi connectivity index (χ2n) is 13.7. The summed E-state index contributed by atoms with van der Waals surface area (Å²) in [6.07, 6.45) is -25.4. The van der Waals surface area contributed by atoms with Crippen LogP contribution in [0.15, 0.2) is 109 Å². The van der Waals surface area contributed by atoms with Crippen LogP contribution < -0.4 is 0 Å². The van der Waals surface area contributed by atoms with Gasteiger partial charge in [-0.15, -0.1) is 0 Å². The highest BCUT2D eigenvalue weighted by atomic mass is 19.4. The summed E-state index contributed by atoms with van der Waals surface area (Å²) in [5.41, 5.74) is -9.64. The van der Waals surface area contributed by atoms with Gasteiger partial charge in [-0.05, 0) is 103 Å². The lowest BCUT2D eigenvalue weighted by atomic mass is 9.97. The highest BCUT2D eigenvalue weighted by molar-refractivity contribution is 6.12. The quantitative estimate of drug-likeness (QED) is 0.163. The summed E-state index contributed by atoms with van der Waals surface area (Å²) >= 11 is 0. The van der Waals surface area contributed by atoms with Crippen LogP contribution in [0.2, 0.25) is 0 Å². The van der Waals surface area contributed by atoms with Crippen molar-refractivity contribution in [1.82, 2.24) is 9.13 Å². The lowest BCUT2D eigenvalue weighted by Gasteiger charge is -2.22. The van der Waals surface area contributed by atoms with Gasteiger partial charge in [-0.2, -0.15) is 71.1 Å². The maximum absolute atomic E-state index is 15.5. The van der Waals surface area contributed by atoms with Gasteiger partial charge in [-0.1, -0.05) is 12.1 Å². The molecule has 0 aliphatic carbocycles. The second kappa shape index (κ2) is 13.2. The molecule has 0 bridgehead atoms. The fraction of sp³-hybridized carbons (Fsp3) is 0.119. The third-order valence-electron chi connectivity index (χ3n) is 10.0. The summed E-state index contributed by atoms with van der Waals surface area (Å²) in [6.45, 7) is 0. The maximum atomic E-state index is 15.5. The maximum Gasteiger partial charge on any atom is 0.418 e. The fourth-order valence-electron chi connectivity index (χ4n) is 7.43. The molecule has 8 aromatic rings. The fourth-order valence-corrected chi connectivity index (χ4v) is 7.43. The van der Waals surface area contributed by atoms with Crippen molar-refractivity contribution >= 4 is 43.6 Å². The number of hydrogen-bond donors (Lipinski definition) is 0. The van der Waals surface area contributed by atoms with Crippen molar-refractivity contribution in [2.75, 3.05) is 0 Å². The molecule has 306 valence electrons. The summed E-state index contributed by atoms with van der Waals surface area (Å²) in [4.78, 5) is 0. The number of nitrogens with zero attached hydrogens (tertiary/aromatic N) is 3. The third-order valence-corrected chi connectivity index (χ3v) is 10.0. The van der Waals surface area contributed by atoms with Gasteiger partial charge in [0.1, 0.15) is 0 Å². The molecule has 0 aliphatic rings. The van der Waals surface area contributed by atoms with E-state index in [4.69, 9.17) is 0 Å². The topological polar surface area (TPSA) is 33.6 Å². The van der Waals surface area contributed by atoms with Gasteiger partial charge >= 0.3 is 30.9 Å². The molecular formula is C42H18F15N3. The molecule has 0 N–H and O–H groups in total. The number of aromatic nitrogens is 2. The monoisotopic (exact) mass is 849 g/mol. The van der Waals surface area contributed by atoms with E-state index >= 15 is 13.2 Å². The zero-order valence-corrected chi connectivity index (χ0v) is 29.4. The van der Waals surface area contributed by atoms with Crippen LogP contribution in [0.3, 0.4) is 0 Å². The van der Waals surface area contributed by atoms with Crippen LogP contribution >= 0.6 is 0 Å². The Morgan fingerprint density at radius 2 is 0.750 bits per heavy atom. The Morgan fingerprint density at radius 1 is 0.383 bits per heavy atom. The molecule has 0 atom stereocenters. The predicted octanol–water partition coefficient (Wildman–Crippen LogP) is 14.5. The number of rotatable bonds is 3. The molecule has 0 unspecified atom stereocenters. The van der Waals surface area contributed by atoms with Gasteiger partial charge in [0.05, 0.1) is 72.9 Å². The summed E-state index contributed by atoms with van der Waals surface area (Å²) in [5.74, 6) is 0. The van der Waals surface area contributed by atoms with Crippen molar-refractivity contribution in [2.45, 2.75) is 30.9 Å². The minimum atomic E-state index is -5.39. The van der Waals surface area contributed by atoms with E-state index in [2.05, 4.69) is 0 Å². The molecule has 0 saturated carbocycles. The minimum Gasteiger partial charge on any atom is -0.309 e. The summed E-state index contributed by atoms with van der Waals surface area (Å²) < 4.78 is 216. The second-order valence-corrected chi connectivity index (χ2v) is 13.7. The van der Waals surface area contributed by atoms with E-state index in [-0.39, 0.29) is 38.8 Å².